The van der Waals surface area contributed by atoms with Crippen LogP contribution in [0.25, 0.3) is 0 Å². The molecule has 1 amide bonds. The minimum Gasteiger partial charge on any atom is -0.356 e. The molecular formula is C20H32ClN5O. The minimum absolute atomic E-state index is 0.0523. The zero-order valence-electron chi connectivity index (χ0n) is 17.0. The topological polar surface area (TPSA) is 68.8 Å². The van der Waals surface area contributed by atoms with Crippen molar-refractivity contribution in [2.24, 2.45) is 10.9 Å². The predicted octanol–water partition coefficient (Wildman–Crippen LogP) is 2.87. The first-order valence-electron chi connectivity index (χ1n) is 9.58. The number of rotatable bonds is 6. The number of hydrogen-bond acceptors (Lipinski definition) is 3. The highest BCUT2D eigenvalue weighted by Gasteiger charge is 2.31. The van der Waals surface area contributed by atoms with Crippen molar-refractivity contribution in [3.05, 3.63) is 28.8 Å². The SMILES string of the molecule is CN=C(NCCC(=O)Nc1cccc(Cl)c1C)NC1CN(C(C)C)CC1C. The van der Waals surface area contributed by atoms with Crippen LogP contribution in [-0.4, -0.2) is 55.5 Å². The lowest BCUT2D eigenvalue weighted by Gasteiger charge is -2.22. The van der Waals surface area contributed by atoms with E-state index in [1.54, 1.807) is 7.05 Å². The van der Waals surface area contributed by atoms with E-state index >= 15 is 0 Å². The summed E-state index contributed by atoms with van der Waals surface area (Å²) in [7, 11) is 1.75. The number of carbonyl (C=O) groups is 1. The predicted molar refractivity (Wildman–Crippen MR) is 114 cm³/mol. The summed E-state index contributed by atoms with van der Waals surface area (Å²) in [5.41, 5.74) is 1.63. The number of nitrogens with one attached hydrogen (secondary N) is 3. The first-order valence-corrected chi connectivity index (χ1v) is 9.95. The Kier molecular flexibility index (Phi) is 7.92. The zero-order chi connectivity index (χ0) is 20.0. The van der Waals surface area contributed by atoms with Gasteiger partial charge in [-0.1, -0.05) is 24.6 Å². The molecule has 7 heteroatoms. The molecule has 0 spiro atoms. The molecule has 1 heterocycles. The third-order valence-corrected chi connectivity index (χ3v) is 5.51. The molecule has 27 heavy (non-hydrogen) atoms. The van der Waals surface area contributed by atoms with Crippen LogP contribution in [0.2, 0.25) is 5.02 Å². The Morgan fingerprint density at radius 1 is 1.37 bits per heavy atom. The van der Waals surface area contributed by atoms with Gasteiger partial charge in [-0.15, -0.1) is 0 Å². The van der Waals surface area contributed by atoms with E-state index in [1.807, 2.05) is 25.1 Å². The Morgan fingerprint density at radius 3 is 2.74 bits per heavy atom. The molecule has 1 aromatic rings. The monoisotopic (exact) mass is 393 g/mol. The quantitative estimate of drug-likeness (QED) is 0.513. The molecule has 2 atom stereocenters. The van der Waals surface area contributed by atoms with Gasteiger partial charge >= 0.3 is 0 Å². The molecule has 2 unspecified atom stereocenters. The number of benzene rings is 1. The van der Waals surface area contributed by atoms with E-state index < -0.39 is 0 Å². The van der Waals surface area contributed by atoms with E-state index in [1.165, 1.54) is 0 Å². The molecule has 0 aromatic heterocycles. The first-order chi connectivity index (χ1) is 12.8. The van der Waals surface area contributed by atoms with Gasteiger partial charge in [0.05, 0.1) is 0 Å². The van der Waals surface area contributed by atoms with Crippen LogP contribution < -0.4 is 16.0 Å². The van der Waals surface area contributed by atoms with E-state index in [0.29, 0.717) is 36.0 Å². The molecule has 0 saturated carbocycles. The van der Waals surface area contributed by atoms with Gasteiger partial charge in [0.1, 0.15) is 0 Å². The van der Waals surface area contributed by atoms with Gasteiger partial charge < -0.3 is 16.0 Å². The van der Waals surface area contributed by atoms with Crippen molar-refractivity contribution < 1.29 is 4.79 Å². The second-order valence-corrected chi connectivity index (χ2v) is 7.89. The van der Waals surface area contributed by atoms with Crippen molar-refractivity contribution in [2.45, 2.75) is 46.2 Å². The van der Waals surface area contributed by atoms with Gasteiger partial charge in [0.2, 0.25) is 5.91 Å². The van der Waals surface area contributed by atoms with Crippen LogP contribution in [-0.2, 0) is 4.79 Å². The highest BCUT2D eigenvalue weighted by atomic mass is 35.5. The lowest BCUT2D eigenvalue weighted by molar-refractivity contribution is -0.116. The van der Waals surface area contributed by atoms with Gasteiger partial charge in [0, 0.05) is 55.9 Å². The van der Waals surface area contributed by atoms with Crippen LogP contribution in [0.5, 0.6) is 0 Å². The van der Waals surface area contributed by atoms with E-state index in [0.717, 1.165) is 30.3 Å². The molecule has 1 fully saturated rings. The summed E-state index contributed by atoms with van der Waals surface area (Å²) in [4.78, 5) is 19.0. The third-order valence-electron chi connectivity index (χ3n) is 5.10. The molecule has 0 bridgehead atoms. The number of aliphatic imine (C=N–C) groups is 1. The highest BCUT2D eigenvalue weighted by molar-refractivity contribution is 6.31. The van der Waals surface area contributed by atoms with Crippen molar-refractivity contribution in [3.8, 4) is 0 Å². The maximum absolute atomic E-state index is 12.2. The third kappa shape index (κ3) is 6.11. The van der Waals surface area contributed by atoms with Crippen LogP contribution in [0.1, 0.15) is 32.8 Å². The fraction of sp³-hybridized carbons (Fsp3) is 0.600. The number of likely N-dealkylation sites (tertiary alicyclic amines) is 1. The van der Waals surface area contributed by atoms with Gasteiger partial charge in [-0.25, -0.2) is 0 Å². The number of hydrogen-bond donors (Lipinski definition) is 3. The molecule has 1 aliphatic rings. The molecule has 0 aliphatic carbocycles. The molecule has 1 aliphatic heterocycles. The maximum Gasteiger partial charge on any atom is 0.226 e. The lowest BCUT2D eigenvalue weighted by Crippen LogP contribution is -2.47. The molecular weight excluding hydrogens is 362 g/mol. The van der Waals surface area contributed by atoms with Crippen LogP contribution in [0.15, 0.2) is 23.2 Å². The molecule has 6 nitrogen and oxygen atoms in total. The maximum atomic E-state index is 12.2. The van der Waals surface area contributed by atoms with Gasteiger partial charge in [0.15, 0.2) is 5.96 Å². The Morgan fingerprint density at radius 2 is 2.11 bits per heavy atom. The van der Waals surface area contributed by atoms with Crippen LogP contribution in [0.4, 0.5) is 5.69 Å². The molecule has 1 saturated heterocycles. The number of amides is 1. The van der Waals surface area contributed by atoms with Crippen molar-refractivity contribution in [1.29, 1.82) is 0 Å². The number of halogens is 1. The van der Waals surface area contributed by atoms with Crippen LogP contribution >= 0.6 is 11.6 Å². The molecule has 2 rings (SSSR count). The van der Waals surface area contributed by atoms with Crippen LogP contribution in [0.3, 0.4) is 0 Å². The Hall–Kier alpha value is -1.79. The van der Waals surface area contributed by atoms with E-state index in [4.69, 9.17) is 11.6 Å². The van der Waals surface area contributed by atoms with Crippen molar-refractivity contribution in [1.82, 2.24) is 15.5 Å². The lowest BCUT2D eigenvalue weighted by atomic mass is 10.1. The Bertz CT molecular complexity index is 676. The smallest absolute Gasteiger partial charge is 0.226 e. The van der Waals surface area contributed by atoms with E-state index in [2.05, 4.69) is 46.6 Å². The van der Waals surface area contributed by atoms with Crippen LogP contribution in [0, 0.1) is 12.8 Å². The number of carbonyl (C=O) groups excluding carboxylic acids is 1. The summed E-state index contributed by atoms with van der Waals surface area (Å²) >= 11 is 6.09. The van der Waals surface area contributed by atoms with Crippen molar-refractivity contribution >= 4 is 29.2 Å². The normalized spacial score (nSPS) is 20.8. The molecule has 150 valence electrons. The number of guanidine groups is 1. The molecule has 1 aromatic carbocycles. The number of anilines is 1. The van der Waals surface area contributed by atoms with Gasteiger partial charge in [0.25, 0.3) is 0 Å². The van der Waals surface area contributed by atoms with Crippen molar-refractivity contribution in [2.75, 3.05) is 32.0 Å². The second-order valence-electron chi connectivity index (χ2n) is 7.49. The summed E-state index contributed by atoms with van der Waals surface area (Å²) in [6.45, 7) is 11.2. The summed E-state index contributed by atoms with van der Waals surface area (Å²) in [5, 5.41) is 10.3. The molecule has 0 radical (unpaired) electrons. The average Bonchev–Trinajstić information content (AvgIpc) is 2.99. The van der Waals surface area contributed by atoms with Gasteiger partial charge in [-0.05, 0) is 44.4 Å². The fourth-order valence-electron chi connectivity index (χ4n) is 3.23. The van der Waals surface area contributed by atoms with Crippen molar-refractivity contribution in [3.63, 3.8) is 0 Å². The van der Waals surface area contributed by atoms with Gasteiger partial charge in [-0.2, -0.15) is 0 Å². The summed E-state index contributed by atoms with van der Waals surface area (Å²) in [6.07, 6.45) is 0.352. The largest absolute Gasteiger partial charge is 0.356 e. The molecule has 3 N–H and O–H groups in total. The average molecular weight is 394 g/mol. The van der Waals surface area contributed by atoms with E-state index in [-0.39, 0.29) is 5.91 Å². The van der Waals surface area contributed by atoms with E-state index in [9.17, 15) is 4.79 Å². The standard InChI is InChI=1S/C20H32ClN5O/c1-13(2)26-11-14(3)18(12-26)25-20(22-5)23-10-9-19(27)24-17-8-6-7-16(21)15(17)4/h6-8,13-14,18H,9-12H2,1-5H3,(H,24,27)(H2,22,23,25). The Labute approximate surface area is 167 Å². The second kappa shape index (κ2) is 9.95. The van der Waals surface area contributed by atoms with Gasteiger partial charge in [-0.3, -0.25) is 14.7 Å². The minimum atomic E-state index is -0.0523. The zero-order valence-corrected chi connectivity index (χ0v) is 17.7. The first kappa shape index (κ1) is 21.5. The Balaban J connectivity index is 1.78. The number of nitrogens with zero attached hydrogens (tertiary/aromatic N) is 2. The summed E-state index contributed by atoms with van der Waals surface area (Å²) < 4.78 is 0. The highest BCUT2D eigenvalue weighted by Crippen LogP contribution is 2.23. The summed E-state index contributed by atoms with van der Waals surface area (Å²) in [6, 6.07) is 6.41. The fourth-order valence-corrected chi connectivity index (χ4v) is 3.41. The summed E-state index contributed by atoms with van der Waals surface area (Å²) in [5.74, 6) is 1.24.